The summed E-state index contributed by atoms with van der Waals surface area (Å²) in [5.74, 6) is 0.975. The Labute approximate surface area is 156 Å². The van der Waals surface area contributed by atoms with E-state index >= 15 is 0 Å². The van der Waals surface area contributed by atoms with Gasteiger partial charge in [0.15, 0.2) is 5.96 Å². The molecule has 0 saturated heterocycles. The van der Waals surface area contributed by atoms with Gasteiger partial charge >= 0.3 is 0 Å². The van der Waals surface area contributed by atoms with Crippen molar-refractivity contribution in [1.29, 1.82) is 0 Å². The van der Waals surface area contributed by atoms with Crippen molar-refractivity contribution in [2.45, 2.75) is 76.5 Å². The molecule has 134 valence electrons. The Hall–Kier alpha value is -0.570. The summed E-state index contributed by atoms with van der Waals surface area (Å²) < 4.78 is 0. The highest BCUT2D eigenvalue weighted by Crippen LogP contribution is 2.19. The van der Waals surface area contributed by atoms with Crippen LogP contribution in [0.1, 0.15) is 58.3 Å². The molecule has 0 spiro atoms. The van der Waals surface area contributed by atoms with E-state index in [0.717, 1.165) is 57.5 Å². The van der Waals surface area contributed by atoms with Crippen molar-refractivity contribution >= 4 is 35.8 Å². The van der Waals surface area contributed by atoms with Crippen LogP contribution in [-0.2, 0) is 4.79 Å². The number of aliphatic hydroxyl groups excluding tert-OH is 1. The third-order valence-electron chi connectivity index (χ3n) is 4.16. The maximum atomic E-state index is 11.6. The van der Waals surface area contributed by atoms with Crippen LogP contribution in [0.3, 0.4) is 0 Å². The van der Waals surface area contributed by atoms with E-state index in [9.17, 15) is 9.90 Å². The molecule has 0 unspecified atom stereocenters. The molecule has 0 aromatic heterocycles. The smallest absolute Gasteiger partial charge is 0.220 e. The van der Waals surface area contributed by atoms with Crippen molar-refractivity contribution < 1.29 is 9.90 Å². The lowest BCUT2D eigenvalue weighted by molar-refractivity contribution is -0.121. The average Bonchev–Trinajstić information content (AvgIpc) is 3.30. The fraction of sp³-hybridized carbons (Fsp3) is 0.875. The van der Waals surface area contributed by atoms with E-state index in [-0.39, 0.29) is 36.0 Å². The van der Waals surface area contributed by atoms with Gasteiger partial charge in [-0.25, -0.2) is 0 Å². The fourth-order valence-electron chi connectivity index (χ4n) is 2.69. The first-order chi connectivity index (χ1) is 10.7. The second-order valence-electron chi connectivity index (χ2n) is 6.36. The van der Waals surface area contributed by atoms with Gasteiger partial charge in [-0.2, -0.15) is 0 Å². The molecule has 23 heavy (non-hydrogen) atoms. The number of halogens is 1. The number of amides is 1. The van der Waals surface area contributed by atoms with Gasteiger partial charge in [-0.15, -0.1) is 24.0 Å². The molecule has 7 heteroatoms. The molecule has 4 N–H and O–H groups in total. The molecule has 0 heterocycles. The number of rotatable bonds is 7. The number of carbonyl (C=O) groups excluding carboxylic acids is 1. The van der Waals surface area contributed by atoms with E-state index in [1.165, 1.54) is 0 Å². The number of aliphatic hydroxyl groups is 1. The summed E-state index contributed by atoms with van der Waals surface area (Å²) >= 11 is 0. The summed E-state index contributed by atoms with van der Waals surface area (Å²) in [6.07, 6.45) is 7.14. The van der Waals surface area contributed by atoms with E-state index in [4.69, 9.17) is 0 Å². The molecule has 2 saturated carbocycles. The SMILES string of the molecule is CCNC(=NCCCC(=O)NC1CC1)NC1CCC(O)CC1.I. The zero-order chi connectivity index (χ0) is 15.8. The molecule has 1 amide bonds. The Morgan fingerprint density at radius 2 is 1.70 bits per heavy atom. The van der Waals surface area contributed by atoms with Crippen LogP contribution in [0.2, 0.25) is 0 Å². The summed E-state index contributed by atoms with van der Waals surface area (Å²) in [6.45, 7) is 3.52. The van der Waals surface area contributed by atoms with Gasteiger partial charge in [0.25, 0.3) is 0 Å². The Kier molecular flexibility index (Phi) is 9.85. The summed E-state index contributed by atoms with van der Waals surface area (Å²) in [4.78, 5) is 16.1. The minimum Gasteiger partial charge on any atom is -0.393 e. The first kappa shape index (κ1) is 20.5. The third-order valence-corrected chi connectivity index (χ3v) is 4.16. The van der Waals surface area contributed by atoms with Gasteiger partial charge in [0, 0.05) is 31.6 Å². The topological polar surface area (TPSA) is 85.8 Å². The monoisotopic (exact) mass is 438 g/mol. The standard InChI is InChI=1S/C16H30N4O2.HI/c1-2-17-16(20-13-7-9-14(21)10-8-13)18-11-3-4-15(22)19-12-5-6-12;/h12-14,21H,2-11H2,1H3,(H,19,22)(H2,17,18,20);1H. The molecule has 2 aliphatic rings. The summed E-state index contributed by atoms with van der Waals surface area (Å²) in [5.41, 5.74) is 0. The molecular formula is C16H31IN4O2. The summed E-state index contributed by atoms with van der Waals surface area (Å²) in [7, 11) is 0. The highest BCUT2D eigenvalue weighted by Gasteiger charge is 2.22. The zero-order valence-corrected chi connectivity index (χ0v) is 16.3. The quantitative estimate of drug-likeness (QED) is 0.210. The Morgan fingerprint density at radius 3 is 2.30 bits per heavy atom. The van der Waals surface area contributed by atoms with Crippen molar-refractivity contribution in [3.05, 3.63) is 0 Å². The molecule has 2 aliphatic carbocycles. The Bertz CT molecular complexity index is 380. The number of nitrogens with one attached hydrogen (secondary N) is 3. The molecule has 0 atom stereocenters. The van der Waals surface area contributed by atoms with Crippen LogP contribution in [0, 0.1) is 0 Å². The Balaban J connectivity index is 0.00000264. The Morgan fingerprint density at radius 1 is 1.09 bits per heavy atom. The van der Waals surface area contributed by atoms with Crippen LogP contribution >= 0.6 is 24.0 Å². The van der Waals surface area contributed by atoms with Crippen molar-refractivity contribution in [2.75, 3.05) is 13.1 Å². The van der Waals surface area contributed by atoms with Crippen molar-refractivity contribution in [2.24, 2.45) is 4.99 Å². The van der Waals surface area contributed by atoms with Crippen molar-refractivity contribution in [3.8, 4) is 0 Å². The summed E-state index contributed by atoms with van der Waals surface area (Å²) in [6, 6.07) is 0.830. The highest BCUT2D eigenvalue weighted by atomic mass is 127. The van der Waals surface area contributed by atoms with Crippen molar-refractivity contribution in [3.63, 3.8) is 0 Å². The maximum absolute atomic E-state index is 11.6. The predicted molar refractivity (Wildman–Crippen MR) is 103 cm³/mol. The number of carbonyl (C=O) groups is 1. The van der Waals surface area contributed by atoms with E-state index in [0.29, 0.717) is 25.0 Å². The minimum atomic E-state index is -0.137. The molecule has 0 aromatic rings. The molecule has 0 aliphatic heterocycles. The largest absolute Gasteiger partial charge is 0.393 e. The molecular weight excluding hydrogens is 407 g/mol. The second kappa shape index (κ2) is 11.1. The summed E-state index contributed by atoms with van der Waals surface area (Å²) in [5, 5.41) is 19.2. The highest BCUT2D eigenvalue weighted by molar-refractivity contribution is 14.0. The zero-order valence-electron chi connectivity index (χ0n) is 14.0. The lowest BCUT2D eigenvalue weighted by atomic mass is 9.93. The fourth-order valence-corrected chi connectivity index (χ4v) is 2.69. The van der Waals surface area contributed by atoms with Crippen molar-refractivity contribution in [1.82, 2.24) is 16.0 Å². The number of nitrogens with zero attached hydrogens (tertiary/aromatic N) is 1. The molecule has 2 rings (SSSR count). The first-order valence-electron chi connectivity index (χ1n) is 8.69. The van der Waals surface area contributed by atoms with E-state index in [1.54, 1.807) is 0 Å². The van der Waals surface area contributed by atoms with Crippen LogP contribution in [0.4, 0.5) is 0 Å². The lowest BCUT2D eigenvalue weighted by Gasteiger charge is -2.27. The first-order valence-corrected chi connectivity index (χ1v) is 8.69. The van der Waals surface area contributed by atoms with Crippen LogP contribution in [0.15, 0.2) is 4.99 Å². The van der Waals surface area contributed by atoms with Gasteiger partial charge < -0.3 is 21.1 Å². The molecule has 0 bridgehead atoms. The number of hydrogen-bond acceptors (Lipinski definition) is 3. The van der Waals surface area contributed by atoms with Gasteiger partial charge in [-0.05, 0) is 51.9 Å². The van der Waals surface area contributed by atoms with Crippen LogP contribution in [0.25, 0.3) is 0 Å². The van der Waals surface area contributed by atoms with E-state index in [1.807, 2.05) is 6.92 Å². The predicted octanol–water partition coefficient (Wildman–Crippen LogP) is 1.52. The van der Waals surface area contributed by atoms with Crippen LogP contribution in [-0.4, -0.2) is 48.3 Å². The van der Waals surface area contributed by atoms with Gasteiger partial charge in [0.05, 0.1) is 6.10 Å². The van der Waals surface area contributed by atoms with Crippen LogP contribution in [0.5, 0.6) is 0 Å². The molecule has 6 nitrogen and oxygen atoms in total. The number of guanidine groups is 1. The van der Waals surface area contributed by atoms with Gasteiger partial charge in [-0.1, -0.05) is 0 Å². The van der Waals surface area contributed by atoms with Gasteiger partial charge in [-0.3, -0.25) is 9.79 Å². The third kappa shape index (κ3) is 8.74. The van der Waals surface area contributed by atoms with Gasteiger partial charge in [0.2, 0.25) is 5.91 Å². The molecule has 0 radical (unpaired) electrons. The number of hydrogen-bond donors (Lipinski definition) is 4. The normalized spacial score (nSPS) is 24.5. The van der Waals surface area contributed by atoms with E-state index in [2.05, 4.69) is 20.9 Å². The number of aliphatic imine (C=N–C) groups is 1. The van der Waals surface area contributed by atoms with Gasteiger partial charge in [0.1, 0.15) is 0 Å². The average molecular weight is 438 g/mol. The lowest BCUT2D eigenvalue weighted by Crippen LogP contribution is -2.45. The second-order valence-corrected chi connectivity index (χ2v) is 6.36. The minimum absolute atomic E-state index is 0. The van der Waals surface area contributed by atoms with Crippen LogP contribution < -0.4 is 16.0 Å². The maximum Gasteiger partial charge on any atom is 0.220 e. The molecule has 2 fully saturated rings. The molecule has 0 aromatic carbocycles. The van der Waals surface area contributed by atoms with E-state index < -0.39 is 0 Å².